The monoisotopic (exact) mass is 296 g/mol. The van der Waals surface area contributed by atoms with Gasteiger partial charge in [-0.15, -0.1) is 0 Å². The molecule has 0 radical (unpaired) electrons. The molecular formula is C19H40N2. The summed E-state index contributed by atoms with van der Waals surface area (Å²) < 4.78 is 0. The van der Waals surface area contributed by atoms with E-state index in [2.05, 4.69) is 44.8 Å². The number of nitrogens with one attached hydrogen (secondary N) is 1. The average molecular weight is 297 g/mol. The molecule has 0 bridgehead atoms. The standard InChI is InChI=1S/C19H40N2/c1-17(2)20-13-8-6-7-9-14-21-15-10-11-18(12-16-21)19(3,4)5/h17-18,20H,6-16H2,1-5H3. The molecule has 0 aromatic heterocycles. The van der Waals surface area contributed by atoms with Crippen LogP contribution in [0.2, 0.25) is 0 Å². The molecule has 2 heteroatoms. The lowest BCUT2D eigenvalue weighted by Crippen LogP contribution is -2.27. The summed E-state index contributed by atoms with van der Waals surface area (Å²) >= 11 is 0. The Labute approximate surface area is 134 Å². The van der Waals surface area contributed by atoms with Crippen molar-refractivity contribution >= 4 is 0 Å². The Hall–Kier alpha value is -0.0800. The first-order valence-corrected chi connectivity index (χ1v) is 9.35. The van der Waals surface area contributed by atoms with E-state index in [9.17, 15) is 0 Å². The van der Waals surface area contributed by atoms with Crippen molar-refractivity contribution < 1.29 is 0 Å². The highest BCUT2D eigenvalue weighted by molar-refractivity contribution is 4.78. The molecule has 0 aromatic carbocycles. The number of hydrogen-bond donors (Lipinski definition) is 1. The van der Waals surface area contributed by atoms with Gasteiger partial charge in [0.1, 0.15) is 0 Å². The zero-order valence-corrected chi connectivity index (χ0v) is 15.4. The number of rotatable bonds is 8. The summed E-state index contributed by atoms with van der Waals surface area (Å²) in [5.74, 6) is 0.921. The molecule has 0 spiro atoms. The average Bonchev–Trinajstić information content (AvgIpc) is 2.62. The van der Waals surface area contributed by atoms with Crippen LogP contribution in [0.1, 0.15) is 79.6 Å². The zero-order valence-electron chi connectivity index (χ0n) is 15.4. The van der Waals surface area contributed by atoms with Crippen LogP contribution in [-0.2, 0) is 0 Å². The van der Waals surface area contributed by atoms with Gasteiger partial charge in [-0.2, -0.15) is 0 Å². The predicted molar refractivity (Wildman–Crippen MR) is 94.8 cm³/mol. The first kappa shape index (κ1) is 19.0. The first-order valence-electron chi connectivity index (χ1n) is 9.35. The van der Waals surface area contributed by atoms with Gasteiger partial charge in [0.15, 0.2) is 0 Å². The highest BCUT2D eigenvalue weighted by Crippen LogP contribution is 2.34. The van der Waals surface area contributed by atoms with E-state index in [0.29, 0.717) is 11.5 Å². The second kappa shape index (κ2) is 9.84. The van der Waals surface area contributed by atoms with Crippen LogP contribution in [0.4, 0.5) is 0 Å². The van der Waals surface area contributed by atoms with Gasteiger partial charge in [0.2, 0.25) is 0 Å². The normalized spacial score (nSPS) is 21.7. The Morgan fingerprint density at radius 3 is 2.38 bits per heavy atom. The van der Waals surface area contributed by atoms with Gasteiger partial charge in [-0.3, -0.25) is 0 Å². The van der Waals surface area contributed by atoms with Gasteiger partial charge < -0.3 is 10.2 Å². The third kappa shape index (κ3) is 8.83. The molecule has 1 rings (SSSR count). The Kier molecular flexibility index (Phi) is 8.89. The van der Waals surface area contributed by atoms with Crippen LogP contribution >= 0.6 is 0 Å². The van der Waals surface area contributed by atoms with Gasteiger partial charge in [0.25, 0.3) is 0 Å². The summed E-state index contributed by atoms with van der Waals surface area (Å²) in [6.45, 7) is 16.9. The van der Waals surface area contributed by atoms with Gasteiger partial charge in [0.05, 0.1) is 0 Å². The molecule has 1 fully saturated rings. The zero-order chi connectivity index (χ0) is 15.7. The van der Waals surface area contributed by atoms with Crippen LogP contribution in [0, 0.1) is 11.3 Å². The Balaban J connectivity index is 2.05. The molecule has 2 nitrogen and oxygen atoms in total. The minimum absolute atomic E-state index is 0.499. The maximum Gasteiger partial charge on any atom is 0.00103 e. The van der Waals surface area contributed by atoms with Crippen LogP contribution < -0.4 is 5.32 Å². The lowest BCUT2D eigenvalue weighted by molar-refractivity contribution is 0.207. The molecule has 1 unspecified atom stereocenters. The largest absolute Gasteiger partial charge is 0.315 e. The van der Waals surface area contributed by atoms with Gasteiger partial charge in [-0.05, 0) is 69.6 Å². The van der Waals surface area contributed by atoms with E-state index in [1.807, 2.05) is 0 Å². The van der Waals surface area contributed by atoms with Gasteiger partial charge >= 0.3 is 0 Å². The first-order chi connectivity index (χ1) is 9.89. The van der Waals surface area contributed by atoms with Crippen LogP contribution in [0.25, 0.3) is 0 Å². The summed E-state index contributed by atoms with van der Waals surface area (Å²) in [6, 6.07) is 0.637. The molecule has 1 saturated heterocycles. The van der Waals surface area contributed by atoms with Crippen molar-refractivity contribution in [2.24, 2.45) is 11.3 Å². The van der Waals surface area contributed by atoms with Crippen molar-refractivity contribution in [1.82, 2.24) is 10.2 Å². The van der Waals surface area contributed by atoms with Crippen molar-refractivity contribution in [3.63, 3.8) is 0 Å². The minimum atomic E-state index is 0.499. The summed E-state index contributed by atoms with van der Waals surface area (Å²) in [7, 11) is 0. The number of likely N-dealkylation sites (tertiary alicyclic amines) is 1. The van der Waals surface area contributed by atoms with E-state index in [-0.39, 0.29) is 0 Å². The molecule has 126 valence electrons. The molecule has 1 heterocycles. The van der Waals surface area contributed by atoms with E-state index in [0.717, 1.165) is 5.92 Å². The molecule has 1 atom stereocenters. The van der Waals surface area contributed by atoms with E-state index in [1.54, 1.807) is 0 Å². The molecule has 1 aliphatic rings. The van der Waals surface area contributed by atoms with Crippen LogP contribution in [0.15, 0.2) is 0 Å². The van der Waals surface area contributed by atoms with Gasteiger partial charge in [-0.1, -0.05) is 47.5 Å². The lowest BCUT2D eigenvalue weighted by Gasteiger charge is -2.29. The van der Waals surface area contributed by atoms with Crippen molar-refractivity contribution in [3.05, 3.63) is 0 Å². The molecule has 1 aliphatic heterocycles. The fourth-order valence-electron chi connectivity index (χ4n) is 3.45. The molecule has 0 aromatic rings. The van der Waals surface area contributed by atoms with E-state index >= 15 is 0 Å². The maximum absolute atomic E-state index is 3.50. The van der Waals surface area contributed by atoms with Gasteiger partial charge in [0, 0.05) is 6.04 Å². The van der Waals surface area contributed by atoms with Crippen molar-refractivity contribution in [3.8, 4) is 0 Å². The fraction of sp³-hybridized carbons (Fsp3) is 1.00. The van der Waals surface area contributed by atoms with Gasteiger partial charge in [-0.25, -0.2) is 0 Å². The summed E-state index contributed by atoms with van der Waals surface area (Å²) in [4.78, 5) is 2.72. The Bertz CT molecular complexity index is 255. The van der Waals surface area contributed by atoms with Crippen molar-refractivity contribution in [2.45, 2.75) is 85.6 Å². The second-order valence-electron chi connectivity index (χ2n) is 8.36. The smallest absolute Gasteiger partial charge is 0.00103 e. The summed E-state index contributed by atoms with van der Waals surface area (Å²) in [6.07, 6.45) is 9.76. The van der Waals surface area contributed by atoms with Crippen LogP contribution in [0.5, 0.6) is 0 Å². The predicted octanol–water partition coefficient (Wildman–Crippen LogP) is 4.69. The number of hydrogen-bond acceptors (Lipinski definition) is 2. The third-order valence-electron chi connectivity index (χ3n) is 5.00. The Morgan fingerprint density at radius 2 is 1.71 bits per heavy atom. The highest BCUT2D eigenvalue weighted by Gasteiger charge is 2.26. The Morgan fingerprint density at radius 1 is 1.00 bits per heavy atom. The highest BCUT2D eigenvalue weighted by atomic mass is 15.1. The topological polar surface area (TPSA) is 15.3 Å². The number of nitrogens with zero attached hydrogens (tertiary/aromatic N) is 1. The SMILES string of the molecule is CC(C)NCCCCCCN1CCCC(C(C)(C)C)CC1. The van der Waals surface area contributed by atoms with Crippen LogP contribution in [0.3, 0.4) is 0 Å². The van der Waals surface area contributed by atoms with Crippen molar-refractivity contribution in [2.75, 3.05) is 26.2 Å². The van der Waals surface area contributed by atoms with Crippen molar-refractivity contribution in [1.29, 1.82) is 0 Å². The molecule has 21 heavy (non-hydrogen) atoms. The van der Waals surface area contributed by atoms with E-state index in [4.69, 9.17) is 0 Å². The molecule has 0 aliphatic carbocycles. The molecule has 1 N–H and O–H groups in total. The quantitative estimate of drug-likeness (QED) is 0.654. The lowest BCUT2D eigenvalue weighted by atomic mass is 9.77. The van der Waals surface area contributed by atoms with E-state index in [1.165, 1.54) is 71.1 Å². The number of unbranched alkanes of at least 4 members (excludes halogenated alkanes) is 3. The van der Waals surface area contributed by atoms with E-state index < -0.39 is 0 Å². The summed E-state index contributed by atoms with van der Waals surface area (Å²) in [5, 5.41) is 3.50. The van der Waals surface area contributed by atoms with Crippen LogP contribution in [-0.4, -0.2) is 37.1 Å². The minimum Gasteiger partial charge on any atom is -0.315 e. The molecule has 0 amide bonds. The molecular weight excluding hydrogens is 256 g/mol. The molecule has 0 saturated carbocycles. The maximum atomic E-state index is 3.50. The third-order valence-corrected chi connectivity index (χ3v) is 5.00. The second-order valence-corrected chi connectivity index (χ2v) is 8.36. The fourth-order valence-corrected chi connectivity index (χ4v) is 3.45. The summed E-state index contributed by atoms with van der Waals surface area (Å²) in [5.41, 5.74) is 0.499.